The quantitative estimate of drug-likeness (QED) is 0.806. The molecule has 2 aromatic rings. The highest BCUT2D eigenvalue weighted by molar-refractivity contribution is 5.99. The van der Waals surface area contributed by atoms with Gasteiger partial charge in [-0.15, -0.1) is 0 Å². The smallest absolute Gasteiger partial charge is 0.269 e. The molecule has 146 valence electrons. The Morgan fingerprint density at radius 2 is 2.00 bits per heavy atom. The fourth-order valence-electron chi connectivity index (χ4n) is 4.02. The highest BCUT2D eigenvalue weighted by atomic mass is 16.5. The van der Waals surface area contributed by atoms with Gasteiger partial charge in [0.1, 0.15) is 5.69 Å². The SMILES string of the molecule is CCNC(=O)c1cc(C(=O)N[C@@H]2[C@H]3COC[C@]32C)cc(Cc2ccccc2)n1. The molecule has 2 aliphatic rings. The maximum absolute atomic E-state index is 12.9. The van der Waals surface area contributed by atoms with Crippen LogP contribution >= 0.6 is 0 Å². The number of nitrogens with zero attached hydrogens (tertiary/aromatic N) is 1. The van der Waals surface area contributed by atoms with Crippen LogP contribution in [0.2, 0.25) is 0 Å². The molecule has 2 amide bonds. The average Bonchev–Trinajstić information content (AvgIpc) is 3.03. The van der Waals surface area contributed by atoms with Crippen molar-refractivity contribution in [1.82, 2.24) is 15.6 Å². The van der Waals surface area contributed by atoms with Crippen LogP contribution in [0.3, 0.4) is 0 Å². The van der Waals surface area contributed by atoms with Gasteiger partial charge < -0.3 is 15.4 Å². The van der Waals surface area contributed by atoms with Gasteiger partial charge in [0.15, 0.2) is 0 Å². The van der Waals surface area contributed by atoms with Gasteiger partial charge in [0, 0.05) is 41.6 Å². The molecular weight excluding hydrogens is 354 g/mol. The molecule has 2 heterocycles. The van der Waals surface area contributed by atoms with E-state index in [0.29, 0.717) is 43.4 Å². The van der Waals surface area contributed by atoms with Gasteiger partial charge in [0.05, 0.1) is 13.2 Å². The maximum atomic E-state index is 12.9. The van der Waals surface area contributed by atoms with Crippen molar-refractivity contribution in [2.45, 2.75) is 26.3 Å². The topological polar surface area (TPSA) is 80.3 Å². The number of hydrogen-bond donors (Lipinski definition) is 2. The van der Waals surface area contributed by atoms with Gasteiger partial charge >= 0.3 is 0 Å². The number of benzene rings is 1. The van der Waals surface area contributed by atoms with Crippen LogP contribution in [0.15, 0.2) is 42.5 Å². The van der Waals surface area contributed by atoms with E-state index in [1.807, 2.05) is 37.3 Å². The summed E-state index contributed by atoms with van der Waals surface area (Å²) < 4.78 is 5.48. The third-order valence-corrected chi connectivity index (χ3v) is 5.79. The van der Waals surface area contributed by atoms with Crippen molar-refractivity contribution in [3.05, 3.63) is 65.0 Å². The van der Waals surface area contributed by atoms with Gasteiger partial charge in [-0.1, -0.05) is 37.3 Å². The van der Waals surface area contributed by atoms with Crippen LogP contribution < -0.4 is 10.6 Å². The molecule has 2 fully saturated rings. The standard InChI is InChI=1S/C22H25N3O3/c1-3-23-21(27)18-11-15(10-16(24-18)9-14-7-5-4-6-8-14)20(26)25-19-17-12-28-13-22(17,19)2/h4-8,10-11,17,19H,3,9,12-13H2,1-2H3,(H,23,27)(H,25,26)/t17-,19-,22-/m1/s1. The lowest BCUT2D eigenvalue weighted by Gasteiger charge is -2.13. The van der Waals surface area contributed by atoms with E-state index in [4.69, 9.17) is 4.74 Å². The number of pyridine rings is 1. The molecule has 1 saturated heterocycles. The van der Waals surface area contributed by atoms with Gasteiger partial charge in [0.25, 0.3) is 11.8 Å². The monoisotopic (exact) mass is 379 g/mol. The Labute approximate surface area is 164 Å². The van der Waals surface area contributed by atoms with E-state index in [9.17, 15) is 9.59 Å². The first-order valence-electron chi connectivity index (χ1n) is 9.73. The van der Waals surface area contributed by atoms with E-state index in [0.717, 1.165) is 5.56 Å². The predicted octanol–water partition coefficient (Wildman–Crippen LogP) is 2.19. The van der Waals surface area contributed by atoms with E-state index in [2.05, 4.69) is 22.5 Å². The zero-order chi connectivity index (χ0) is 19.7. The van der Waals surface area contributed by atoms with E-state index in [1.165, 1.54) is 0 Å². The molecule has 1 aromatic carbocycles. The number of rotatable bonds is 6. The number of carbonyl (C=O) groups is 2. The third-order valence-electron chi connectivity index (χ3n) is 5.79. The third kappa shape index (κ3) is 3.52. The number of fused-ring (bicyclic) bond motifs is 1. The van der Waals surface area contributed by atoms with Crippen LogP contribution in [0.25, 0.3) is 0 Å². The molecule has 0 bridgehead atoms. The Morgan fingerprint density at radius 1 is 1.21 bits per heavy atom. The minimum Gasteiger partial charge on any atom is -0.380 e. The van der Waals surface area contributed by atoms with Crippen molar-refractivity contribution in [3.8, 4) is 0 Å². The first kappa shape index (κ1) is 18.6. The highest BCUT2D eigenvalue weighted by Gasteiger charge is 2.65. The van der Waals surface area contributed by atoms with Crippen LogP contribution in [0.5, 0.6) is 0 Å². The summed E-state index contributed by atoms with van der Waals surface area (Å²) in [7, 11) is 0. The second kappa shape index (κ2) is 7.36. The summed E-state index contributed by atoms with van der Waals surface area (Å²) in [5.41, 5.74) is 2.56. The second-order valence-corrected chi connectivity index (χ2v) is 7.83. The number of carbonyl (C=O) groups excluding carboxylic acids is 2. The molecule has 3 atom stereocenters. The first-order chi connectivity index (χ1) is 13.5. The largest absolute Gasteiger partial charge is 0.380 e. The van der Waals surface area contributed by atoms with Crippen molar-refractivity contribution in [2.24, 2.45) is 11.3 Å². The highest BCUT2D eigenvalue weighted by Crippen LogP contribution is 2.56. The molecule has 1 aliphatic carbocycles. The van der Waals surface area contributed by atoms with Crippen LogP contribution in [0, 0.1) is 11.3 Å². The minimum atomic E-state index is -0.268. The summed E-state index contributed by atoms with van der Waals surface area (Å²) in [4.78, 5) is 29.7. The Balaban J connectivity index is 1.58. The van der Waals surface area contributed by atoms with E-state index >= 15 is 0 Å². The summed E-state index contributed by atoms with van der Waals surface area (Å²) in [6, 6.07) is 13.4. The molecule has 1 saturated carbocycles. The van der Waals surface area contributed by atoms with Crippen molar-refractivity contribution in [1.29, 1.82) is 0 Å². The lowest BCUT2D eigenvalue weighted by atomic mass is 10.1. The van der Waals surface area contributed by atoms with Crippen molar-refractivity contribution in [3.63, 3.8) is 0 Å². The zero-order valence-corrected chi connectivity index (χ0v) is 16.2. The molecule has 28 heavy (non-hydrogen) atoms. The first-order valence-corrected chi connectivity index (χ1v) is 9.73. The minimum absolute atomic E-state index is 0.0397. The molecule has 1 aliphatic heterocycles. The van der Waals surface area contributed by atoms with Gasteiger partial charge in [-0.3, -0.25) is 9.59 Å². The Morgan fingerprint density at radius 3 is 2.68 bits per heavy atom. The van der Waals surface area contributed by atoms with Crippen LogP contribution in [-0.4, -0.2) is 42.6 Å². The molecular formula is C22H25N3O3. The molecule has 0 radical (unpaired) electrons. The van der Waals surface area contributed by atoms with E-state index < -0.39 is 0 Å². The van der Waals surface area contributed by atoms with Crippen LogP contribution in [0.4, 0.5) is 0 Å². The van der Waals surface area contributed by atoms with Gasteiger partial charge in [-0.2, -0.15) is 0 Å². The van der Waals surface area contributed by atoms with E-state index in [-0.39, 0.29) is 29.0 Å². The number of nitrogens with one attached hydrogen (secondary N) is 2. The average molecular weight is 379 g/mol. The molecule has 2 N–H and O–H groups in total. The molecule has 6 heteroatoms. The Hall–Kier alpha value is -2.73. The molecule has 6 nitrogen and oxygen atoms in total. The lowest BCUT2D eigenvalue weighted by Crippen LogP contribution is -2.32. The number of ether oxygens (including phenoxy) is 1. The zero-order valence-electron chi connectivity index (χ0n) is 16.2. The Bertz CT molecular complexity index is 899. The van der Waals surface area contributed by atoms with Crippen molar-refractivity contribution >= 4 is 11.8 Å². The molecule has 1 aromatic heterocycles. The van der Waals surface area contributed by atoms with Crippen molar-refractivity contribution in [2.75, 3.05) is 19.8 Å². The summed E-state index contributed by atoms with van der Waals surface area (Å²) in [6.45, 7) is 5.88. The number of aromatic nitrogens is 1. The Kier molecular flexibility index (Phi) is 4.89. The maximum Gasteiger partial charge on any atom is 0.269 e. The van der Waals surface area contributed by atoms with Crippen LogP contribution in [-0.2, 0) is 11.2 Å². The summed E-state index contributed by atoms with van der Waals surface area (Å²) >= 11 is 0. The summed E-state index contributed by atoms with van der Waals surface area (Å²) in [6.07, 6.45) is 0.561. The van der Waals surface area contributed by atoms with Crippen molar-refractivity contribution < 1.29 is 14.3 Å². The van der Waals surface area contributed by atoms with Gasteiger partial charge in [-0.05, 0) is 24.6 Å². The summed E-state index contributed by atoms with van der Waals surface area (Å²) in [5.74, 6) is -0.0528. The molecule has 0 unspecified atom stereocenters. The fourth-order valence-corrected chi connectivity index (χ4v) is 4.02. The molecule has 4 rings (SSSR count). The lowest BCUT2D eigenvalue weighted by molar-refractivity contribution is 0.0914. The van der Waals surface area contributed by atoms with E-state index in [1.54, 1.807) is 12.1 Å². The normalized spacial score (nSPS) is 25.1. The predicted molar refractivity (Wildman–Crippen MR) is 105 cm³/mol. The molecule has 0 spiro atoms. The number of amides is 2. The second-order valence-electron chi connectivity index (χ2n) is 7.83. The fraction of sp³-hybridized carbons (Fsp3) is 0.409. The number of hydrogen-bond acceptors (Lipinski definition) is 4. The summed E-state index contributed by atoms with van der Waals surface area (Å²) in [5, 5.41) is 5.88. The van der Waals surface area contributed by atoms with Crippen LogP contribution in [0.1, 0.15) is 46.0 Å². The van der Waals surface area contributed by atoms with Gasteiger partial charge in [0.2, 0.25) is 0 Å². The van der Waals surface area contributed by atoms with Gasteiger partial charge in [-0.25, -0.2) is 4.98 Å².